The molecule has 2 aliphatic rings. The van der Waals surface area contributed by atoms with Crippen LogP contribution < -0.4 is 5.32 Å². The lowest BCUT2D eigenvalue weighted by molar-refractivity contribution is -0.138. The van der Waals surface area contributed by atoms with Gasteiger partial charge in [0.25, 0.3) is 0 Å². The van der Waals surface area contributed by atoms with Gasteiger partial charge in [-0.05, 0) is 30.5 Å². The molecule has 2 fully saturated rings. The summed E-state index contributed by atoms with van der Waals surface area (Å²) in [5.74, 6) is -0.0813. The maximum atomic E-state index is 13.0. The highest BCUT2D eigenvalue weighted by molar-refractivity contribution is 7.88. The molecule has 0 atom stereocenters. The van der Waals surface area contributed by atoms with Crippen LogP contribution in [0.3, 0.4) is 0 Å². The van der Waals surface area contributed by atoms with Crippen molar-refractivity contribution in [2.75, 3.05) is 44.6 Å². The van der Waals surface area contributed by atoms with E-state index in [1.54, 1.807) is 9.80 Å². The Balaban J connectivity index is 1.23. The molecule has 176 valence electrons. The second kappa shape index (κ2) is 10.4. The smallest absolute Gasteiger partial charge is 0.321 e. The number of nitrogens with zero attached hydrogens (tertiary/aromatic N) is 3. The van der Waals surface area contributed by atoms with Gasteiger partial charge in [-0.2, -0.15) is 4.31 Å². The Bertz CT molecular complexity index is 1050. The molecule has 0 spiro atoms. The van der Waals surface area contributed by atoms with E-state index in [0.29, 0.717) is 52.1 Å². The zero-order valence-electron chi connectivity index (χ0n) is 18.6. The van der Waals surface area contributed by atoms with Gasteiger partial charge in [-0.15, -0.1) is 0 Å². The van der Waals surface area contributed by atoms with Crippen molar-refractivity contribution in [3.63, 3.8) is 0 Å². The van der Waals surface area contributed by atoms with Gasteiger partial charge in [0.2, 0.25) is 15.9 Å². The minimum Gasteiger partial charge on any atom is -0.340 e. The molecule has 2 aliphatic heterocycles. The predicted octanol–water partition coefficient (Wildman–Crippen LogP) is 2.60. The number of anilines is 1. The van der Waals surface area contributed by atoms with Crippen molar-refractivity contribution in [1.29, 1.82) is 0 Å². The second-order valence-corrected chi connectivity index (χ2v) is 10.5. The molecule has 2 saturated heterocycles. The first-order chi connectivity index (χ1) is 15.9. The molecule has 0 aromatic heterocycles. The SMILES string of the molecule is O=C(Nc1ccccc1)N1CCC(C(=O)N2CCN(S(=O)(=O)Cc3ccccc3)CC2)CC1. The van der Waals surface area contributed by atoms with Crippen LogP contribution in [0, 0.1) is 5.92 Å². The Morgan fingerprint density at radius 3 is 1.97 bits per heavy atom. The third-order valence-corrected chi connectivity index (χ3v) is 8.14. The lowest BCUT2D eigenvalue weighted by Gasteiger charge is -2.38. The number of para-hydroxylation sites is 1. The van der Waals surface area contributed by atoms with Crippen molar-refractivity contribution >= 4 is 27.6 Å². The van der Waals surface area contributed by atoms with Gasteiger partial charge < -0.3 is 15.1 Å². The van der Waals surface area contributed by atoms with Crippen molar-refractivity contribution in [2.24, 2.45) is 5.92 Å². The molecule has 0 radical (unpaired) electrons. The highest BCUT2D eigenvalue weighted by Crippen LogP contribution is 2.22. The maximum absolute atomic E-state index is 13.0. The van der Waals surface area contributed by atoms with Crippen LogP contribution in [-0.4, -0.2) is 73.7 Å². The third-order valence-electron chi connectivity index (χ3n) is 6.29. The summed E-state index contributed by atoms with van der Waals surface area (Å²) in [7, 11) is -3.41. The number of piperazine rings is 1. The van der Waals surface area contributed by atoms with Crippen molar-refractivity contribution in [3.8, 4) is 0 Å². The van der Waals surface area contributed by atoms with Gasteiger partial charge in [0, 0.05) is 50.9 Å². The topological polar surface area (TPSA) is 90.0 Å². The number of hydrogen-bond acceptors (Lipinski definition) is 4. The number of nitrogens with one attached hydrogen (secondary N) is 1. The molecular weight excluding hydrogens is 440 g/mol. The molecule has 2 aromatic rings. The molecule has 0 unspecified atom stereocenters. The van der Waals surface area contributed by atoms with Gasteiger partial charge in [-0.25, -0.2) is 13.2 Å². The van der Waals surface area contributed by atoms with E-state index in [0.717, 1.165) is 11.3 Å². The summed E-state index contributed by atoms with van der Waals surface area (Å²) in [4.78, 5) is 29.0. The van der Waals surface area contributed by atoms with Crippen LogP contribution in [0.15, 0.2) is 60.7 Å². The van der Waals surface area contributed by atoms with Gasteiger partial charge in [-0.1, -0.05) is 48.5 Å². The molecule has 9 heteroatoms. The van der Waals surface area contributed by atoms with Crippen LogP contribution in [0.4, 0.5) is 10.5 Å². The van der Waals surface area contributed by atoms with Crippen LogP contribution >= 0.6 is 0 Å². The molecule has 0 bridgehead atoms. The Morgan fingerprint density at radius 1 is 0.788 bits per heavy atom. The van der Waals surface area contributed by atoms with Gasteiger partial charge in [-0.3, -0.25) is 4.79 Å². The minimum absolute atomic E-state index is 0.0225. The summed E-state index contributed by atoms with van der Waals surface area (Å²) in [6.45, 7) is 2.50. The molecule has 0 saturated carbocycles. The number of sulfonamides is 1. The first-order valence-electron chi connectivity index (χ1n) is 11.3. The van der Waals surface area contributed by atoms with Gasteiger partial charge in [0.05, 0.1) is 5.75 Å². The molecule has 1 N–H and O–H groups in total. The fourth-order valence-electron chi connectivity index (χ4n) is 4.37. The fraction of sp³-hybridized carbons (Fsp3) is 0.417. The van der Waals surface area contributed by atoms with Crippen molar-refractivity contribution < 1.29 is 18.0 Å². The highest BCUT2D eigenvalue weighted by Gasteiger charge is 2.34. The monoisotopic (exact) mass is 470 g/mol. The van der Waals surface area contributed by atoms with Crippen LogP contribution in [-0.2, 0) is 20.6 Å². The van der Waals surface area contributed by atoms with Crippen LogP contribution in [0.5, 0.6) is 0 Å². The van der Waals surface area contributed by atoms with Crippen molar-refractivity contribution in [2.45, 2.75) is 18.6 Å². The molecular formula is C24H30N4O4S. The first-order valence-corrected chi connectivity index (χ1v) is 12.9. The van der Waals surface area contributed by atoms with E-state index >= 15 is 0 Å². The van der Waals surface area contributed by atoms with Gasteiger partial charge >= 0.3 is 6.03 Å². The average molecular weight is 471 g/mol. The fourth-order valence-corrected chi connectivity index (χ4v) is 5.89. The van der Waals surface area contributed by atoms with Crippen LogP contribution in [0.25, 0.3) is 0 Å². The maximum Gasteiger partial charge on any atom is 0.321 e. The number of rotatable bonds is 5. The molecule has 2 heterocycles. The van der Waals surface area contributed by atoms with E-state index < -0.39 is 10.0 Å². The summed E-state index contributed by atoms with van der Waals surface area (Å²) in [6.07, 6.45) is 1.24. The predicted molar refractivity (Wildman–Crippen MR) is 127 cm³/mol. The summed E-state index contributed by atoms with van der Waals surface area (Å²) in [5.41, 5.74) is 1.51. The number of urea groups is 1. The molecule has 2 aromatic carbocycles. The number of hydrogen-bond donors (Lipinski definition) is 1. The van der Waals surface area contributed by atoms with E-state index in [1.165, 1.54) is 4.31 Å². The number of likely N-dealkylation sites (tertiary alicyclic amines) is 1. The zero-order chi connectivity index (χ0) is 23.3. The number of benzene rings is 2. The summed E-state index contributed by atoms with van der Waals surface area (Å²) >= 11 is 0. The van der Waals surface area contributed by atoms with E-state index in [-0.39, 0.29) is 23.6 Å². The van der Waals surface area contributed by atoms with Crippen molar-refractivity contribution in [1.82, 2.24) is 14.1 Å². The van der Waals surface area contributed by atoms with E-state index in [9.17, 15) is 18.0 Å². The second-order valence-electron chi connectivity index (χ2n) is 8.52. The number of carbonyl (C=O) groups excluding carboxylic acids is 2. The van der Waals surface area contributed by atoms with Crippen LogP contribution in [0.1, 0.15) is 18.4 Å². The number of carbonyl (C=O) groups is 2. The molecule has 33 heavy (non-hydrogen) atoms. The Morgan fingerprint density at radius 2 is 1.36 bits per heavy atom. The molecule has 0 aliphatic carbocycles. The molecule has 3 amide bonds. The highest BCUT2D eigenvalue weighted by atomic mass is 32.2. The van der Waals surface area contributed by atoms with E-state index in [1.807, 2.05) is 60.7 Å². The summed E-state index contributed by atoms with van der Waals surface area (Å²) in [5, 5.41) is 2.88. The normalized spacial score (nSPS) is 18.2. The van der Waals surface area contributed by atoms with E-state index in [2.05, 4.69) is 5.32 Å². The quantitative estimate of drug-likeness (QED) is 0.727. The van der Waals surface area contributed by atoms with Gasteiger partial charge in [0.15, 0.2) is 0 Å². The third kappa shape index (κ3) is 5.91. The average Bonchev–Trinajstić information content (AvgIpc) is 2.85. The van der Waals surface area contributed by atoms with Gasteiger partial charge in [0.1, 0.15) is 0 Å². The Labute approximate surface area is 195 Å². The standard InChI is InChI=1S/C24H30N4O4S/c29-23(21-11-13-27(14-12-21)24(30)25-22-9-5-2-6-10-22)26-15-17-28(18-16-26)33(31,32)19-20-7-3-1-4-8-20/h1-10,21H,11-19H2,(H,25,30). The lowest BCUT2D eigenvalue weighted by Crippen LogP contribution is -2.53. The van der Waals surface area contributed by atoms with E-state index in [4.69, 9.17) is 0 Å². The Hall–Kier alpha value is -2.91. The lowest BCUT2D eigenvalue weighted by atomic mass is 9.95. The van der Waals surface area contributed by atoms with Crippen molar-refractivity contribution in [3.05, 3.63) is 66.2 Å². The summed E-state index contributed by atoms with van der Waals surface area (Å²) < 4.78 is 27.0. The molecule has 4 rings (SSSR count). The van der Waals surface area contributed by atoms with Crippen LogP contribution in [0.2, 0.25) is 0 Å². The number of amides is 3. The molecule has 8 nitrogen and oxygen atoms in total. The minimum atomic E-state index is -3.41. The first kappa shape index (κ1) is 23.3. The number of piperidine rings is 1. The summed E-state index contributed by atoms with van der Waals surface area (Å²) in [6, 6.07) is 18.3. The Kier molecular flexibility index (Phi) is 7.29. The zero-order valence-corrected chi connectivity index (χ0v) is 19.4. The largest absolute Gasteiger partial charge is 0.340 e.